The van der Waals surface area contributed by atoms with E-state index >= 15 is 0 Å². The molecule has 9 heteroatoms. The van der Waals surface area contributed by atoms with Crippen LogP contribution in [0.5, 0.6) is 0 Å². The second kappa shape index (κ2) is 9.48. The molecule has 2 heterocycles. The number of hydrogen-bond donors (Lipinski definition) is 1. The third kappa shape index (κ3) is 5.14. The molecule has 1 aromatic heterocycles. The number of amides is 1. The van der Waals surface area contributed by atoms with Gasteiger partial charge in [-0.2, -0.15) is 0 Å². The predicted molar refractivity (Wildman–Crippen MR) is 110 cm³/mol. The van der Waals surface area contributed by atoms with E-state index in [-0.39, 0.29) is 30.7 Å². The van der Waals surface area contributed by atoms with Gasteiger partial charge in [0.25, 0.3) is 5.91 Å². The van der Waals surface area contributed by atoms with Crippen LogP contribution in [0.15, 0.2) is 41.0 Å². The van der Waals surface area contributed by atoms with Crippen molar-refractivity contribution in [3.63, 3.8) is 0 Å². The van der Waals surface area contributed by atoms with Gasteiger partial charge in [-0.15, -0.1) is 24.8 Å². The van der Waals surface area contributed by atoms with Crippen molar-refractivity contribution in [2.75, 3.05) is 36.8 Å². The molecule has 1 aliphatic heterocycles. The lowest BCUT2D eigenvalue weighted by Crippen LogP contribution is -2.49. The standard InChI is InChI=1S/C16H16BrClN4O.2ClH/c17-11-1-4-15(20-10-11)21-5-7-22(8-6-21)16(23)13-3-2-12(19)9-14(13)18;;/h1-4,9-10H,5-8,19H2;2*1H. The number of anilines is 2. The number of carbonyl (C=O) groups excluding carboxylic acids is 1. The lowest BCUT2D eigenvalue weighted by molar-refractivity contribution is 0.0746. The van der Waals surface area contributed by atoms with Crippen LogP contribution in [0.2, 0.25) is 5.02 Å². The van der Waals surface area contributed by atoms with E-state index in [0.717, 1.165) is 23.4 Å². The quantitative estimate of drug-likeness (QED) is 0.680. The molecule has 2 N–H and O–H groups in total. The fourth-order valence-corrected chi connectivity index (χ4v) is 3.07. The maximum atomic E-state index is 12.6. The zero-order valence-corrected chi connectivity index (χ0v) is 17.2. The fraction of sp³-hybridized carbons (Fsp3) is 0.250. The Bertz CT molecular complexity index is 722. The molecule has 0 spiro atoms. The second-order valence-electron chi connectivity index (χ2n) is 5.35. The van der Waals surface area contributed by atoms with E-state index in [9.17, 15) is 4.79 Å². The van der Waals surface area contributed by atoms with Crippen molar-refractivity contribution in [3.05, 3.63) is 51.6 Å². The second-order valence-corrected chi connectivity index (χ2v) is 6.68. The summed E-state index contributed by atoms with van der Waals surface area (Å²) in [6.45, 7) is 2.76. The number of piperazine rings is 1. The molecule has 0 aliphatic carbocycles. The molecular weight excluding hydrogens is 450 g/mol. The minimum absolute atomic E-state index is 0. The van der Waals surface area contributed by atoms with E-state index in [0.29, 0.717) is 29.4 Å². The summed E-state index contributed by atoms with van der Waals surface area (Å²) in [5.74, 6) is 0.865. The first-order valence-corrected chi connectivity index (χ1v) is 8.42. The van der Waals surface area contributed by atoms with E-state index in [4.69, 9.17) is 17.3 Å². The zero-order chi connectivity index (χ0) is 16.4. The molecule has 3 rings (SSSR count). The minimum atomic E-state index is -0.0570. The molecule has 1 aromatic carbocycles. The number of carbonyl (C=O) groups is 1. The summed E-state index contributed by atoms with van der Waals surface area (Å²) in [7, 11) is 0. The molecule has 0 radical (unpaired) electrons. The molecule has 25 heavy (non-hydrogen) atoms. The van der Waals surface area contributed by atoms with Crippen molar-refractivity contribution >= 4 is 69.8 Å². The number of aromatic nitrogens is 1. The number of nitrogens with zero attached hydrogens (tertiary/aromatic N) is 3. The molecule has 2 aromatic rings. The first-order chi connectivity index (χ1) is 11.0. The van der Waals surface area contributed by atoms with Crippen LogP contribution in [0, 0.1) is 0 Å². The van der Waals surface area contributed by atoms with Crippen LogP contribution >= 0.6 is 52.3 Å². The topological polar surface area (TPSA) is 62.5 Å². The molecule has 0 bridgehead atoms. The summed E-state index contributed by atoms with van der Waals surface area (Å²) in [6, 6.07) is 8.92. The van der Waals surface area contributed by atoms with Crippen LogP contribution < -0.4 is 10.6 Å². The number of pyridine rings is 1. The van der Waals surface area contributed by atoms with Crippen molar-refractivity contribution in [2.45, 2.75) is 0 Å². The summed E-state index contributed by atoms with van der Waals surface area (Å²) in [4.78, 5) is 21.0. The van der Waals surface area contributed by atoms with Crippen molar-refractivity contribution in [1.29, 1.82) is 0 Å². The van der Waals surface area contributed by atoms with Gasteiger partial charge in [0, 0.05) is 42.5 Å². The van der Waals surface area contributed by atoms with Crippen molar-refractivity contribution in [1.82, 2.24) is 9.88 Å². The molecule has 0 unspecified atom stereocenters. The zero-order valence-electron chi connectivity index (χ0n) is 13.2. The number of rotatable bonds is 2. The molecule has 1 saturated heterocycles. The number of hydrogen-bond acceptors (Lipinski definition) is 4. The van der Waals surface area contributed by atoms with Gasteiger partial charge in [-0.25, -0.2) is 4.98 Å². The van der Waals surface area contributed by atoms with Gasteiger partial charge < -0.3 is 15.5 Å². The molecule has 0 atom stereocenters. The van der Waals surface area contributed by atoms with Crippen molar-refractivity contribution in [2.24, 2.45) is 0 Å². The molecule has 0 saturated carbocycles. The van der Waals surface area contributed by atoms with Gasteiger partial charge in [0.2, 0.25) is 0 Å². The number of halogens is 4. The Morgan fingerprint density at radius 3 is 2.36 bits per heavy atom. The molecule has 136 valence electrons. The van der Waals surface area contributed by atoms with Crippen LogP contribution in [0.4, 0.5) is 11.5 Å². The average molecular weight is 469 g/mol. The number of benzene rings is 1. The highest BCUT2D eigenvalue weighted by Gasteiger charge is 2.24. The van der Waals surface area contributed by atoms with E-state index in [2.05, 4.69) is 25.8 Å². The van der Waals surface area contributed by atoms with E-state index < -0.39 is 0 Å². The smallest absolute Gasteiger partial charge is 0.255 e. The molecule has 1 aliphatic rings. The lowest BCUT2D eigenvalue weighted by atomic mass is 10.1. The largest absolute Gasteiger partial charge is 0.399 e. The van der Waals surface area contributed by atoms with Crippen molar-refractivity contribution < 1.29 is 4.79 Å². The van der Waals surface area contributed by atoms with Gasteiger partial charge in [-0.1, -0.05) is 11.6 Å². The molecule has 5 nitrogen and oxygen atoms in total. The summed E-state index contributed by atoms with van der Waals surface area (Å²) in [5, 5.41) is 0.395. The van der Waals surface area contributed by atoms with Crippen LogP contribution in [0.1, 0.15) is 10.4 Å². The van der Waals surface area contributed by atoms with E-state index in [1.54, 1.807) is 24.4 Å². The van der Waals surface area contributed by atoms with Gasteiger partial charge >= 0.3 is 0 Å². The van der Waals surface area contributed by atoms with Crippen LogP contribution in [0.25, 0.3) is 0 Å². The SMILES string of the molecule is Cl.Cl.Nc1ccc(C(=O)N2CCN(c3ccc(Br)cn3)CC2)c(Cl)c1. The van der Waals surface area contributed by atoms with Crippen LogP contribution in [-0.4, -0.2) is 42.0 Å². The highest BCUT2D eigenvalue weighted by Crippen LogP contribution is 2.22. The van der Waals surface area contributed by atoms with Gasteiger partial charge in [0.1, 0.15) is 5.82 Å². The Hall–Kier alpha value is -1.21. The fourth-order valence-electron chi connectivity index (χ4n) is 2.57. The molecular formula is C16H18BrCl3N4O. The molecule has 1 amide bonds. The van der Waals surface area contributed by atoms with Gasteiger partial charge in [0.05, 0.1) is 10.6 Å². The normalized spacial score (nSPS) is 13.7. The van der Waals surface area contributed by atoms with E-state index in [1.165, 1.54) is 0 Å². The summed E-state index contributed by atoms with van der Waals surface area (Å²) >= 11 is 9.51. The Balaban J connectivity index is 0.00000156. The van der Waals surface area contributed by atoms with Crippen molar-refractivity contribution in [3.8, 4) is 0 Å². The van der Waals surface area contributed by atoms with Crippen LogP contribution in [0.3, 0.4) is 0 Å². The van der Waals surface area contributed by atoms with Gasteiger partial charge in [-0.05, 0) is 46.3 Å². The molecule has 1 fully saturated rings. The van der Waals surface area contributed by atoms with Crippen LogP contribution in [-0.2, 0) is 0 Å². The third-order valence-electron chi connectivity index (χ3n) is 3.83. The Morgan fingerprint density at radius 1 is 1.12 bits per heavy atom. The highest BCUT2D eigenvalue weighted by atomic mass is 79.9. The Kier molecular flexibility index (Phi) is 8.28. The van der Waals surface area contributed by atoms with Gasteiger partial charge in [-0.3, -0.25) is 4.79 Å². The maximum absolute atomic E-state index is 12.6. The maximum Gasteiger partial charge on any atom is 0.255 e. The summed E-state index contributed by atoms with van der Waals surface area (Å²) < 4.78 is 0.952. The average Bonchev–Trinajstić information content (AvgIpc) is 2.55. The predicted octanol–water partition coefficient (Wildman–Crippen LogP) is 3.89. The Labute approximate surface area is 172 Å². The van der Waals surface area contributed by atoms with E-state index in [1.807, 2.05) is 17.0 Å². The first kappa shape index (κ1) is 21.8. The highest BCUT2D eigenvalue weighted by molar-refractivity contribution is 9.10. The minimum Gasteiger partial charge on any atom is -0.399 e. The summed E-state index contributed by atoms with van der Waals surface area (Å²) in [5.41, 5.74) is 6.72. The first-order valence-electron chi connectivity index (χ1n) is 7.25. The lowest BCUT2D eigenvalue weighted by Gasteiger charge is -2.35. The third-order valence-corrected chi connectivity index (χ3v) is 4.61. The number of nitrogen functional groups attached to an aromatic ring is 1. The monoisotopic (exact) mass is 466 g/mol. The number of nitrogens with two attached hydrogens (primary N) is 1. The summed E-state index contributed by atoms with van der Waals surface area (Å²) in [6.07, 6.45) is 1.78. The Morgan fingerprint density at radius 2 is 1.80 bits per heavy atom. The van der Waals surface area contributed by atoms with Gasteiger partial charge in [0.15, 0.2) is 0 Å².